The van der Waals surface area contributed by atoms with Crippen molar-refractivity contribution in [1.82, 2.24) is 0 Å². The van der Waals surface area contributed by atoms with Gasteiger partial charge in [-0.1, -0.05) is 102 Å². The number of hydrogen-bond acceptors (Lipinski definition) is 1. The molecule has 1 nitrogen and oxygen atoms in total. The van der Waals surface area contributed by atoms with E-state index in [0.717, 1.165) is 6.61 Å². The first kappa shape index (κ1) is 19.2. The molecule has 0 saturated carbocycles. The second kappa shape index (κ2) is 18.2. The Hall–Kier alpha value is 0.250. The molecule has 19 heavy (non-hydrogen) atoms. The third-order valence-corrected chi connectivity index (χ3v) is 3.87. The molecule has 0 aliphatic heterocycles. The van der Waals surface area contributed by atoms with Crippen LogP contribution in [-0.4, -0.2) is 12.7 Å². The zero-order valence-corrected chi connectivity index (χ0v) is 13.9. The van der Waals surface area contributed by atoms with Gasteiger partial charge in [0.1, 0.15) is 6.07 Å². The highest BCUT2D eigenvalue weighted by molar-refractivity contribution is 6.17. The van der Waals surface area contributed by atoms with E-state index in [2.05, 4.69) is 6.92 Å². The zero-order valence-electron chi connectivity index (χ0n) is 13.1. The van der Waals surface area contributed by atoms with Gasteiger partial charge in [0.15, 0.2) is 0 Å². The van der Waals surface area contributed by atoms with Gasteiger partial charge in [-0.05, 0) is 6.42 Å². The van der Waals surface area contributed by atoms with Gasteiger partial charge in [0, 0.05) is 6.61 Å². The maximum atomic E-state index is 5.44. The lowest BCUT2D eigenvalue weighted by molar-refractivity contribution is 0.173. The van der Waals surface area contributed by atoms with Crippen molar-refractivity contribution in [3.63, 3.8) is 0 Å². The van der Waals surface area contributed by atoms with Gasteiger partial charge < -0.3 is 4.74 Å². The van der Waals surface area contributed by atoms with E-state index in [9.17, 15) is 0 Å². The maximum Gasteiger partial charge on any atom is 0.120 e. The van der Waals surface area contributed by atoms with Crippen molar-refractivity contribution in [2.24, 2.45) is 0 Å². The molecule has 0 aromatic carbocycles. The molecule has 0 atom stereocenters. The van der Waals surface area contributed by atoms with Crippen LogP contribution in [0.25, 0.3) is 0 Å². The molecule has 0 radical (unpaired) electrons. The van der Waals surface area contributed by atoms with Crippen LogP contribution < -0.4 is 0 Å². The second-order valence-corrected chi connectivity index (χ2v) is 5.83. The minimum absolute atomic E-state index is 0.346. The highest BCUT2D eigenvalue weighted by Gasteiger charge is 1.94. The van der Waals surface area contributed by atoms with E-state index in [4.69, 9.17) is 16.3 Å². The molecule has 0 bridgehead atoms. The molecule has 0 saturated heterocycles. The summed E-state index contributed by atoms with van der Waals surface area (Å²) in [4.78, 5) is 0. The van der Waals surface area contributed by atoms with E-state index in [0.29, 0.717) is 6.07 Å². The van der Waals surface area contributed by atoms with Crippen molar-refractivity contribution in [2.75, 3.05) is 12.7 Å². The summed E-state index contributed by atoms with van der Waals surface area (Å²) < 4.78 is 5.11. The second-order valence-electron chi connectivity index (χ2n) is 5.61. The Morgan fingerprint density at radius 3 is 1.32 bits per heavy atom. The number of hydrogen-bond donors (Lipinski definition) is 0. The summed E-state index contributed by atoms with van der Waals surface area (Å²) in [7, 11) is 0. The molecule has 0 rings (SSSR count). The third-order valence-electron chi connectivity index (χ3n) is 3.72. The monoisotopic (exact) mass is 290 g/mol. The smallest absolute Gasteiger partial charge is 0.120 e. The highest BCUT2D eigenvalue weighted by Crippen LogP contribution is 2.12. The van der Waals surface area contributed by atoms with Gasteiger partial charge in [0.25, 0.3) is 0 Å². The molecule has 0 spiro atoms. The van der Waals surface area contributed by atoms with Crippen LogP contribution in [0.3, 0.4) is 0 Å². The predicted molar refractivity (Wildman–Crippen MR) is 87.0 cm³/mol. The van der Waals surface area contributed by atoms with Gasteiger partial charge in [-0.2, -0.15) is 0 Å². The fourth-order valence-electron chi connectivity index (χ4n) is 2.45. The van der Waals surface area contributed by atoms with Crippen LogP contribution in [0.15, 0.2) is 0 Å². The maximum absolute atomic E-state index is 5.44. The first-order valence-electron chi connectivity index (χ1n) is 8.55. The third kappa shape index (κ3) is 18.2. The molecule has 0 aromatic heterocycles. The Kier molecular flexibility index (Phi) is 18.5. The van der Waals surface area contributed by atoms with Crippen molar-refractivity contribution < 1.29 is 4.74 Å². The summed E-state index contributed by atoms with van der Waals surface area (Å²) >= 11 is 5.44. The Morgan fingerprint density at radius 2 is 0.947 bits per heavy atom. The Morgan fingerprint density at radius 1 is 0.579 bits per heavy atom. The Bertz CT molecular complexity index is 134. The summed E-state index contributed by atoms with van der Waals surface area (Å²) in [6.07, 6.45) is 19.6. The van der Waals surface area contributed by atoms with E-state index in [-0.39, 0.29) is 0 Å². The van der Waals surface area contributed by atoms with Crippen molar-refractivity contribution in [3.05, 3.63) is 0 Å². The van der Waals surface area contributed by atoms with Crippen LogP contribution in [0.5, 0.6) is 0 Å². The number of unbranched alkanes of at least 4 members (excludes halogenated alkanes) is 13. The minimum atomic E-state index is 0.346. The van der Waals surface area contributed by atoms with Gasteiger partial charge in [-0.15, -0.1) is 0 Å². The molecule has 0 aliphatic carbocycles. The zero-order chi connectivity index (χ0) is 14.0. The lowest BCUT2D eigenvalue weighted by atomic mass is 10.0. The fraction of sp³-hybridized carbons (Fsp3) is 1.00. The van der Waals surface area contributed by atoms with E-state index >= 15 is 0 Å². The topological polar surface area (TPSA) is 9.23 Å². The summed E-state index contributed by atoms with van der Waals surface area (Å²) in [5.41, 5.74) is 0. The first-order chi connectivity index (χ1) is 9.41. The SMILES string of the molecule is CCCCCCCCCCCCCCCCOCCl. The van der Waals surface area contributed by atoms with Crippen LogP contribution in [0, 0.1) is 0 Å². The van der Waals surface area contributed by atoms with E-state index < -0.39 is 0 Å². The Labute approximate surface area is 126 Å². The average Bonchev–Trinajstić information content (AvgIpc) is 2.43. The van der Waals surface area contributed by atoms with Crippen LogP contribution in [0.1, 0.15) is 96.8 Å². The normalized spacial score (nSPS) is 11.1. The van der Waals surface area contributed by atoms with Crippen molar-refractivity contribution in [2.45, 2.75) is 96.8 Å². The van der Waals surface area contributed by atoms with Gasteiger partial charge in [-0.25, -0.2) is 0 Å². The summed E-state index contributed by atoms with van der Waals surface area (Å²) in [6, 6.07) is 0.346. The van der Waals surface area contributed by atoms with Gasteiger partial charge in [0.2, 0.25) is 0 Å². The molecule has 0 heterocycles. The van der Waals surface area contributed by atoms with Crippen LogP contribution in [0.4, 0.5) is 0 Å². The summed E-state index contributed by atoms with van der Waals surface area (Å²) in [5, 5.41) is 0. The molecule has 0 amide bonds. The molecular weight excluding hydrogens is 256 g/mol. The van der Waals surface area contributed by atoms with Gasteiger partial charge in [-0.3, -0.25) is 0 Å². The predicted octanol–water partition coefficient (Wildman–Crippen LogP) is 6.68. The van der Waals surface area contributed by atoms with Gasteiger partial charge >= 0.3 is 0 Å². The van der Waals surface area contributed by atoms with Crippen LogP contribution in [0.2, 0.25) is 0 Å². The largest absolute Gasteiger partial charge is 0.366 e. The quantitative estimate of drug-likeness (QED) is 0.227. The summed E-state index contributed by atoms with van der Waals surface area (Å²) in [6.45, 7) is 3.12. The number of ether oxygens (including phenoxy) is 1. The number of rotatable bonds is 16. The average molecular weight is 291 g/mol. The van der Waals surface area contributed by atoms with E-state index in [1.54, 1.807) is 0 Å². The van der Waals surface area contributed by atoms with Crippen LogP contribution in [-0.2, 0) is 4.74 Å². The molecule has 116 valence electrons. The molecule has 0 unspecified atom stereocenters. The number of alkyl halides is 1. The van der Waals surface area contributed by atoms with Crippen molar-refractivity contribution in [3.8, 4) is 0 Å². The van der Waals surface area contributed by atoms with Crippen LogP contribution >= 0.6 is 11.6 Å². The molecular formula is C17H35ClO. The standard InChI is InChI=1S/C17H35ClO/c1-2-3-4-5-6-7-8-9-10-11-12-13-14-15-16-19-17-18/h2-17H2,1H3. The van der Waals surface area contributed by atoms with Crippen molar-refractivity contribution in [1.29, 1.82) is 0 Å². The van der Waals surface area contributed by atoms with Crippen molar-refractivity contribution >= 4 is 11.6 Å². The van der Waals surface area contributed by atoms with Gasteiger partial charge in [0.05, 0.1) is 0 Å². The lowest BCUT2D eigenvalue weighted by Crippen LogP contribution is -1.91. The first-order valence-corrected chi connectivity index (χ1v) is 9.09. The fourth-order valence-corrected chi connectivity index (χ4v) is 2.56. The molecule has 0 fully saturated rings. The highest BCUT2D eigenvalue weighted by atomic mass is 35.5. The van der Waals surface area contributed by atoms with E-state index in [1.165, 1.54) is 89.9 Å². The minimum Gasteiger partial charge on any atom is -0.366 e. The number of halogens is 1. The lowest BCUT2D eigenvalue weighted by Gasteiger charge is -2.03. The molecule has 2 heteroatoms. The van der Waals surface area contributed by atoms with E-state index in [1.807, 2.05) is 0 Å². The Balaban J connectivity index is 2.88. The molecule has 0 aromatic rings. The summed E-state index contributed by atoms with van der Waals surface area (Å²) in [5.74, 6) is 0. The molecule has 0 N–H and O–H groups in total. The molecule has 0 aliphatic rings.